The smallest absolute Gasteiger partial charge is 0.262 e. The van der Waals surface area contributed by atoms with Crippen molar-refractivity contribution in [2.24, 2.45) is 0 Å². The molecule has 0 radical (unpaired) electrons. The molecule has 4 rings (SSSR count). The van der Waals surface area contributed by atoms with Crippen LogP contribution in [0.3, 0.4) is 0 Å². The molecule has 1 saturated heterocycles. The Hall–Kier alpha value is -2.87. The average molecular weight is 484 g/mol. The fourth-order valence-electron chi connectivity index (χ4n) is 5.01. The Labute approximate surface area is 202 Å². The highest BCUT2D eigenvalue weighted by Crippen LogP contribution is 2.48. The first-order valence-corrected chi connectivity index (χ1v) is 13.4. The molecule has 1 aliphatic heterocycles. The van der Waals surface area contributed by atoms with E-state index in [0.29, 0.717) is 41.2 Å². The number of aryl methyl sites for hydroxylation is 3. The Morgan fingerprint density at radius 3 is 2.26 bits per heavy atom. The number of amides is 2. The second-order valence-corrected chi connectivity index (χ2v) is 11.2. The van der Waals surface area contributed by atoms with E-state index in [1.807, 2.05) is 36.1 Å². The third-order valence-electron chi connectivity index (χ3n) is 6.81. The van der Waals surface area contributed by atoms with Gasteiger partial charge in [0.2, 0.25) is 11.8 Å². The van der Waals surface area contributed by atoms with Crippen LogP contribution in [-0.4, -0.2) is 44.8 Å². The van der Waals surface area contributed by atoms with Gasteiger partial charge in [0.05, 0.1) is 10.3 Å². The van der Waals surface area contributed by atoms with Gasteiger partial charge in [0.25, 0.3) is 10.0 Å². The summed E-state index contributed by atoms with van der Waals surface area (Å²) in [6.07, 6.45) is 3.84. The second kappa shape index (κ2) is 9.41. The molecular formula is C26H33N3O4S. The number of nitrogens with zero attached hydrogens (tertiary/aromatic N) is 1. The van der Waals surface area contributed by atoms with Gasteiger partial charge in [0, 0.05) is 31.7 Å². The summed E-state index contributed by atoms with van der Waals surface area (Å²) >= 11 is 0. The number of likely N-dealkylation sites (tertiary alicyclic amines) is 1. The minimum absolute atomic E-state index is 0.000478. The number of rotatable bonds is 9. The zero-order chi connectivity index (χ0) is 24.5. The van der Waals surface area contributed by atoms with E-state index < -0.39 is 15.4 Å². The number of hydrogen-bond donors (Lipinski definition) is 2. The predicted molar refractivity (Wildman–Crippen MR) is 132 cm³/mol. The summed E-state index contributed by atoms with van der Waals surface area (Å²) in [4.78, 5) is 26.7. The SMILES string of the molecule is Cc1cc(C)c(S(=O)(=O)Nc2ccc(C3(C(=O)NCCCN4CCCC4=O)CC3)cc2)c(C)c1. The van der Waals surface area contributed by atoms with Crippen molar-refractivity contribution in [2.45, 2.75) is 63.2 Å². The Morgan fingerprint density at radius 2 is 1.71 bits per heavy atom. The standard InChI is InChI=1S/C26H33N3O4S/c1-18-16-19(2)24(20(3)17-18)34(32,33)28-22-9-7-21(8-10-22)26(11-12-26)25(31)27-13-5-15-29-14-4-6-23(29)30/h7-10,16-17,28H,4-6,11-15H2,1-3H3,(H,27,31). The summed E-state index contributed by atoms with van der Waals surface area (Å²) in [6, 6.07) is 10.8. The zero-order valence-corrected chi connectivity index (χ0v) is 20.9. The van der Waals surface area contributed by atoms with Crippen LogP contribution >= 0.6 is 0 Å². The number of anilines is 1. The van der Waals surface area contributed by atoms with Crippen LogP contribution in [0.1, 0.15) is 54.4 Å². The quantitative estimate of drug-likeness (QED) is 0.533. The molecule has 2 aromatic rings. The van der Waals surface area contributed by atoms with Crippen LogP contribution in [0.4, 0.5) is 5.69 Å². The molecule has 1 heterocycles. The van der Waals surface area contributed by atoms with Gasteiger partial charge in [-0.15, -0.1) is 0 Å². The van der Waals surface area contributed by atoms with Gasteiger partial charge in [-0.2, -0.15) is 0 Å². The largest absolute Gasteiger partial charge is 0.355 e. The van der Waals surface area contributed by atoms with E-state index in [4.69, 9.17) is 0 Å². The topological polar surface area (TPSA) is 95.6 Å². The van der Waals surface area contributed by atoms with Crippen molar-refractivity contribution < 1.29 is 18.0 Å². The first kappa shape index (κ1) is 24.3. The molecule has 0 bridgehead atoms. The summed E-state index contributed by atoms with van der Waals surface area (Å²) in [5.74, 6) is 0.202. The van der Waals surface area contributed by atoms with Crippen LogP contribution in [0.2, 0.25) is 0 Å². The number of sulfonamides is 1. The Kier molecular flexibility index (Phi) is 6.71. The minimum atomic E-state index is -3.72. The van der Waals surface area contributed by atoms with Gasteiger partial charge in [0.15, 0.2) is 0 Å². The molecule has 0 atom stereocenters. The number of hydrogen-bond acceptors (Lipinski definition) is 4. The van der Waals surface area contributed by atoms with Crippen molar-refractivity contribution in [3.05, 3.63) is 58.7 Å². The fraction of sp³-hybridized carbons (Fsp3) is 0.462. The molecule has 2 amide bonds. The highest BCUT2D eigenvalue weighted by atomic mass is 32.2. The van der Waals surface area contributed by atoms with Crippen LogP contribution < -0.4 is 10.0 Å². The first-order valence-electron chi connectivity index (χ1n) is 11.9. The van der Waals surface area contributed by atoms with Gasteiger partial charge < -0.3 is 10.2 Å². The fourth-order valence-corrected chi connectivity index (χ4v) is 6.52. The number of benzene rings is 2. The van der Waals surface area contributed by atoms with E-state index in [2.05, 4.69) is 10.0 Å². The predicted octanol–water partition coefficient (Wildman–Crippen LogP) is 3.57. The molecule has 2 fully saturated rings. The molecule has 0 spiro atoms. The van der Waals surface area contributed by atoms with Crippen LogP contribution in [0, 0.1) is 20.8 Å². The van der Waals surface area contributed by atoms with Gasteiger partial charge >= 0.3 is 0 Å². The van der Waals surface area contributed by atoms with Crippen molar-refractivity contribution in [1.82, 2.24) is 10.2 Å². The van der Waals surface area contributed by atoms with Crippen LogP contribution in [-0.2, 0) is 25.0 Å². The second-order valence-electron chi connectivity index (χ2n) is 9.59. The van der Waals surface area contributed by atoms with Crippen molar-refractivity contribution in [3.8, 4) is 0 Å². The lowest BCUT2D eigenvalue weighted by molar-refractivity contribution is -0.127. The van der Waals surface area contributed by atoms with E-state index in [0.717, 1.165) is 43.4 Å². The molecule has 2 aliphatic rings. The van der Waals surface area contributed by atoms with Crippen LogP contribution in [0.5, 0.6) is 0 Å². The lowest BCUT2D eigenvalue weighted by Crippen LogP contribution is -2.36. The van der Waals surface area contributed by atoms with E-state index in [1.54, 1.807) is 26.0 Å². The van der Waals surface area contributed by atoms with Crippen molar-refractivity contribution in [1.29, 1.82) is 0 Å². The molecule has 1 aliphatic carbocycles. The molecule has 2 aromatic carbocycles. The highest BCUT2D eigenvalue weighted by molar-refractivity contribution is 7.92. The zero-order valence-electron chi connectivity index (χ0n) is 20.1. The van der Waals surface area contributed by atoms with Gasteiger partial charge in [-0.3, -0.25) is 14.3 Å². The first-order chi connectivity index (χ1) is 16.1. The number of carbonyl (C=O) groups excluding carboxylic acids is 2. The van der Waals surface area contributed by atoms with Gasteiger partial charge in [-0.05, 0) is 75.3 Å². The monoisotopic (exact) mass is 483 g/mol. The third kappa shape index (κ3) is 4.97. The number of nitrogens with one attached hydrogen (secondary N) is 2. The van der Waals surface area contributed by atoms with Gasteiger partial charge in [-0.1, -0.05) is 29.8 Å². The minimum Gasteiger partial charge on any atom is -0.355 e. The lowest BCUT2D eigenvalue weighted by Gasteiger charge is -2.19. The summed E-state index contributed by atoms with van der Waals surface area (Å²) in [7, 11) is -3.72. The van der Waals surface area contributed by atoms with Crippen LogP contribution in [0.15, 0.2) is 41.3 Å². The summed E-state index contributed by atoms with van der Waals surface area (Å²) in [5, 5.41) is 3.03. The Bertz CT molecular complexity index is 1180. The molecule has 34 heavy (non-hydrogen) atoms. The molecule has 0 aromatic heterocycles. The lowest BCUT2D eigenvalue weighted by atomic mass is 9.95. The normalized spacial score (nSPS) is 17.0. The summed E-state index contributed by atoms with van der Waals surface area (Å²) in [5.41, 5.74) is 3.27. The van der Waals surface area contributed by atoms with Crippen molar-refractivity contribution >= 4 is 27.5 Å². The maximum absolute atomic E-state index is 13.0. The molecule has 182 valence electrons. The number of carbonyl (C=O) groups is 2. The van der Waals surface area contributed by atoms with Crippen LogP contribution in [0.25, 0.3) is 0 Å². The van der Waals surface area contributed by atoms with Gasteiger partial charge in [0.1, 0.15) is 0 Å². The third-order valence-corrected chi connectivity index (χ3v) is 8.50. The average Bonchev–Trinajstić information content (AvgIpc) is 3.47. The molecular weight excluding hydrogens is 450 g/mol. The molecule has 2 N–H and O–H groups in total. The molecule has 8 heteroatoms. The van der Waals surface area contributed by atoms with E-state index in [9.17, 15) is 18.0 Å². The van der Waals surface area contributed by atoms with Crippen molar-refractivity contribution in [3.63, 3.8) is 0 Å². The summed E-state index contributed by atoms with van der Waals surface area (Å²) in [6.45, 7) is 7.58. The van der Waals surface area contributed by atoms with E-state index >= 15 is 0 Å². The highest BCUT2D eigenvalue weighted by Gasteiger charge is 2.51. The van der Waals surface area contributed by atoms with Crippen molar-refractivity contribution in [2.75, 3.05) is 24.4 Å². The maximum atomic E-state index is 13.0. The van der Waals surface area contributed by atoms with E-state index in [1.165, 1.54) is 0 Å². The molecule has 0 unspecified atom stereocenters. The Morgan fingerprint density at radius 1 is 1.06 bits per heavy atom. The maximum Gasteiger partial charge on any atom is 0.262 e. The molecule has 1 saturated carbocycles. The summed E-state index contributed by atoms with van der Waals surface area (Å²) < 4.78 is 28.7. The molecule has 7 nitrogen and oxygen atoms in total. The Balaban J connectivity index is 1.37. The van der Waals surface area contributed by atoms with Gasteiger partial charge in [-0.25, -0.2) is 8.42 Å². The van der Waals surface area contributed by atoms with E-state index in [-0.39, 0.29) is 11.8 Å².